The fraction of sp³-hybridized carbons (Fsp3) is 0.286. The van der Waals surface area contributed by atoms with Crippen LogP contribution in [0.4, 0.5) is 5.69 Å². The smallest absolute Gasteiger partial charge is 0.270 e. The van der Waals surface area contributed by atoms with Gasteiger partial charge < -0.3 is 9.15 Å². The molecule has 30 heavy (non-hydrogen) atoms. The molecule has 0 N–H and O–H groups in total. The summed E-state index contributed by atoms with van der Waals surface area (Å²) in [5, 5.41) is 11.3. The number of hydrogen-bond acceptors (Lipinski definition) is 7. The maximum atomic E-state index is 11.3. The largest absolute Gasteiger partial charge is 0.458 e. The van der Waals surface area contributed by atoms with Crippen LogP contribution in [0.25, 0.3) is 34.0 Å². The SMILES string of the molecule is Cc1ccc(-c2nc(-c3cccc([N+](=O)[O-])c3)c3ncn(C4CCCCO4)c3n2)o1. The van der Waals surface area contributed by atoms with Gasteiger partial charge in [0.25, 0.3) is 5.69 Å². The van der Waals surface area contributed by atoms with Crippen molar-refractivity contribution in [2.45, 2.75) is 32.4 Å². The van der Waals surface area contributed by atoms with Crippen molar-refractivity contribution in [1.82, 2.24) is 19.5 Å². The molecule has 1 unspecified atom stereocenters. The van der Waals surface area contributed by atoms with Crippen molar-refractivity contribution in [3.8, 4) is 22.8 Å². The van der Waals surface area contributed by atoms with Crippen LogP contribution in [0.3, 0.4) is 0 Å². The maximum Gasteiger partial charge on any atom is 0.270 e. The summed E-state index contributed by atoms with van der Waals surface area (Å²) in [5.41, 5.74) is 2.28. The number of non-ortho nitro benzene ring substituents is 1. The van der Waals surface area contributed by atoms with E-state index in [9.17, 15) is 10.1 Å². The molecule has 0 amide bonds. The molecule has 152 valence electrons. The Bertz CT molecular complexity index is 1240. The Hall–Kier alpha value is -3.59. The number of aryl methyl sites for hydroxylation is 1. The van der Waals surface area contributed by atoms with E-state index in [4.69, 9.17) is 14.1 Å². The number of fused-ring (bicyclic) bond motifs is 1. The van der Waals surface area contributed by atoms with Gasteiger partial charge in [-0.25, -0.2) is 15.0 Å². The molecule has 1 fully saturated rings. The molecule has 1 atom stereocenters. The van der Waals surface area contributed by atoms with E-state index >= 15 is 0 Å². The number of hydrogen-bond donors (Lipinski definition) is 0. The van der Waals surface area contributed by atoms with Crippen LogP contribution in [0.1, 0.15) is 31.3 Å². The summed E-state index contributed by atoms with van der Waals surface area (Å²) in [7, 11) is 0. The van der Waals surface area contributed by atoms with Gasteiger partial charge in [-0.3, -0.25) is 14.7 Å². The highest BCUT2D eigenvalue weighted by Crippen LogP contribution is 2.33. The van der Waals surface area contributed by atoms with Gasteiger partial charge >= 0.3 is 0 Å². The third-order valence-electron chi connectivity index (χ3n) is 5.18. The molecule has 9 heteroatoms. The van der Waals surface area contributed by atoms with E-state index in [-0.39, 0.29) is 11.9 Å². The van der Waals surface area contributed by atoms with Crippen LogP contribution < -0.4 is 0 Å². The number of aromatic nitrogens is 4. The molecule has 3 aromatic heterocycles. The molecule has 0 bridgehead atoms. The quantitative estimate of drug-likeness (QED) is 0.358. The van der Waals surface area contributed by atoms with Crippen molar-refractivity contribution in [3.05, 3.63) is 58.6 Å². The van der Waals surface area contributed by atoms with E-state index in [1.165, 1.54) is 12.1 Å². The second-order valence-electron chi connectivity index (χ2n) is 7.26. The number of nitrogens with zero attached hydrogens (tertiary/aromatic N) is 5. The second kappa shape index (κ2) is 7.34. The van der Waals surface area contributed by atoms with Gasteiger partial charge in [-0.2, -0.15) is 0 Å². The third kappa shape index (κ3) is 3.22. The van der Waals surface area contributed by atoms with Crippen molar-refractivity contribution < 1.29 is 14.1 Å². The minimum atomic E-state index is -0.423. The molecular formula is C21H19N5O4. The Kier molecular flexibility index (Phi) is 4.51. The zero-order valence-electron chi connectivity index (χ0n) is 16.3. The van der Waals surface area contributed by atoms with Gasteiger partial charge in [0.05, 0.1) is 11.3 Å². The minimum Gasteiger partial charge on any atom is -0.458 e. The molecule has 4 aromatic rings. The molecule has 5 rings (SSSR count). The van der Waals surface area contributed by atoms with E-state index < -0.39 is 4.92 Å². The lowest BCUT2D eigenvalue weighted by Crippen LogP contribution is -2.17. The Balaban J connectivity index is 1.73. The predicted molar refractivity (Wildman–Crippen MR) is 109 cm³/mol. The lowest BCUT2D eigenvalue weighted by atomic mass is 10.1. The number of nitro groups is 1. The Morgan fingerprint density at radius 2 is 2.10 bits per heavy atom. The van der Waals surface area contributed by atoms with Crippen LogP contribution in [0, 0.1) is 17.0 Å². The number of rotatable bonds is 4. The summed E-state index contributed by atoms with van der Waals surface area (Å²) in [5.74, 6) is 1.67. The second-order valence-corrected chi connectivity index (χ2v) is 7.26. The normalized spacial score (nSPS) is 16.8. The third-order valence-corrected chi connectivity index (χ3v) is 5.18. The summed E-state index contributed by atoms with van der Waals surface area (Å²) in [6.45, 7) is 2.54. The van der Waals surface area contributed by atoms with Crippen molar-refractivity contribution >= 4 is 16.9 Å². The first-order valence-electron chi connectivity index (χ1n) is 9.78. The first-order chi connectivity index (χ1) is 14.6. The van der Waals surface area contributed by atoms with Gasteiger partial charge in [-0.1, -0.05) is 12.1 Å². The Morgan fingerprint density at radius 1 is 1.20 bits per heavy atom. The summed E-state index contributed by atoms with van der Waals surface area (Å²) in [4.78, 5) is 24.8. The average Bonchev–Trinajstić information content (AvgIpc) is 3.40. The van der Waals surface area contributed by atoms with E-state index in [1.54, 1.807) is 18.5 Å². The van der Waals surface area contributed by atoms with Crippen molar-refractivity contribution in [2.24, 2.45) is 0 Å². The summed E-state index contributed by atoms with van der Waals surface area (Å²) >= 11 is 0. The number of nitro benzene ring substituents is 1. The highest BCUT2D eigenvalue weighted by atomic mass is 16.6. The fourth-order valence-electron chi connectivity index (χ4n) is 3.70. The number of imidazole rings is 1. The van der Waals surface area contributed by atoms with Crippen molar-refractivity contribution in [3.63, 3.8) is 0 Å². The predicted octanol–water partition coefficient (Wildman–Crippen LogP) is 4.67. The molecule has 0 saturated carbocycles. The zero-order valence-corrected chi connectivity index (χ0v) is 16.3. The standard InChI is InChI=1S/C21H19N5O4/c1-13-8-9-16(30-13)20-23-18(14-5-4-6-15(11-14)26(27)28)19-21(24-20)25(12-22-19)17-7-2-3-10-29-17/h4-6,8-9,11-12,17H,2-3,7,10H2,1H3. The molecule has 4 heterocycles. The lowest BCUT2D eigenvalue weighted by Gasteiger charge is -2.23. The van der Waals surface area contributed by atoms with Crippen LogP contribution in [0.15, 0.2) is 47.1 Å². The summed E-state index contributed by atoms with van der Waals surface area (Å²) in [6, 6.07) is 10.0. The highest BCUT2D eigenvalue weighted by molar-refractivity contribution is 5.89. The zero-order chi connectivity index (χ0) is 20.7. The molecule has 0 spiro atoms. The van der Waals surface area contributed by atoms with Gasteiger partial charge in [-0.05, 0) is 38.3 Å². The van der Waals surface area contributed by atoms with E-state index in [0.717, 1.165) is 25.0 Å². The van der Waals surface area contributed by atoms with Crippen LogP contribution in [-0.2, 0) is 4.74 Å². The molecule has 1 aliphatic heterocycles. The molecule has 1 aromatic carbocycles. The minimum absolute atomic E-state index is 0.00954. The topological polar surface area (TPSA) is 109 Å². The Morgan fingerprint density at radius 3 is 2.83 bits per heavy atom. The molecular weight excluding hydrogens is 386 g/mol. The van der Waals surface area contributed by atoms with Crippen LogP contribution in [0.5, 0.6) is 0 Å². The maximum absolute atomic E-state index is 11.3. The molecule has 0 radical (unpaired) electrons. The van der Waals surface area contributed by atoms with Gasteiger partial charge in [-0.15, -0.1) is 0 Å². The van der Waals surface area contributed by atoms with Gasteiger partial charge in [0.1, 0.15) is 23.2 Å². The van der Waals surface area contributed by atoms with Crippen LogP contribution in [-0.4, -0.2) is 31.0 Å². The molecule has 0 aliphatic carbocycles. The van der Waals surface area contributed by atoms with Crippen molar-refractivity contribution in [1.29, 1.82) is 0 Å². The summed E-state index contributed by atoms with van der Waals surface area (Å²) in [6.07, 6.45) is 4.53. The van der Waals surface area contributed by atoms with Gasteiger partial charge in [0.2, 0.25) is 0 Å². The van der Waals surface area contributed by atoms with Crippen LogP contribution >= 0.6 is 0 Å². The average molecular weight is 405 g/mol. The van der Waals surface area contributed by atoms with Gasteiger partial charge in [0.15, 0.2) is 17.2 Å². The van der Waals surface area contributed by atoms with Crippen LogP contribution in [0.2, 0.25) is 0 Å². The van der Waals surface area contributed by atoms with Crippen molar-refractivity contribution in [2.75, 3.05) is 6.61 Å². The molecule has 9 nitrogen and oxygen atoms in total. The fourth-order valence-corrected chi connectivity index (χ4v) is 3.70. The first-order valence-corrected chi connectivity index (χ1v) is 9.78. The Labute approximate surface area is 171 Å². The first kappa shape index (κ1) is 18.4. The summed E-state index contributed by atoms with van der Waals surface area (Å²) < 4.78 is 13.6. The van der Waals surface area contributed by atoms with E-state index in [0.29, 0.717) is 40.6 Å². The molecule has 1 aliphatic rings. The number of ether oxygens (including phenoxy) is 1. The number of benzene rings is 1. The monoisotopic (exact) mass is 405 g/mol. The van der Waals surface area contributed by atoms with Gasteiger partial charge in [0, 0.05) is 24.3 Å². The van der Waals surface area contributed by atoms with E-state index in [2.05, 4.69) is 9.97 Å². The van der Waals surface area contributed by atoms with E-state index in [1.807, 2.05) is 23.6 Å². The number of furan rings is 1. The lowest BCUT2D eigenvalue weighted by molar-refractivity contribution is -0.384. The highest BCUT2D eigenvalue weighted by Gasteiger charge is 2.23. The molecule has 1 saturated heterocycles.